The molecule has 29 heavy (non-hydrogen) atoms. The van der Waals surface area contributed by atoms with Crippen molar-refractivity contribution in [2.24, 2.45) is 5.92 Å². The van der Waals surface area contributed by atoms with Gasteiger partial charge in [-0.1, -0.05) is 11.8 Å². The van der Waals surface area contributed by atoms with Crippen LogP contribution in [0.3, 0.4) is 0 Å². The molecule has 3 rings (SSSR count). The fourth-order valence-electron chi connectivity index (χ4n) is 3.10. The lowest BCUT2D eigenvalue weighted by Gasteiger charge is -2.30. The number of amides is 1. The lowest BCUT2D eigenvalue weighted by molar-refractivity contribution is -0.148. The van der Waals surface area contributed by atoms with Gasteiger partial charge in [-0.3, -0.25) is 9.59 Å². The highest BCUT2D eigenvalue weighted by atomic mass is 32.2. The minimum absolute atomic E-state index is 0.0277. The third-order valence-corrected chi connectivity index (χ3v) is 5.55. The zero-order chi connectivity index (χ0) is 20.8. The SMILES string of the molecule is COC(=O)C1CCN(C(=O)CSc2nnc(-c3ccc(OC)cc3OC)o2)CC1. The second kappa shape index (κ2) is 9.64. The van der Waals surface area contributed by atoms with Crippen molar-refractivity contribution in [1.29, 1.82) is 0 Å². The second-order valence-electron chi connectivity index (χ2n) is 6.41. The third kappa shape index (κ3) is 5.00. The number of hydrogen-bond acceptors (Lipinski definition) is 9. The van der Waals surface area contributed by atoms with Gasteiger partial charge in [0.1, 0.15) is 11.5 Å². The molecule has 1 aromatic heterocycles. The Bertz CT molecular complexity index is 863. The molecule has 1 aliphatic heterocycles. The van der Waals surface area contributed by atoms with Crippen molar-refractivity contribution in [2.45, 2.75) is 18.1 Å². The predicted molar refractivity (Wildman–Crippen MR) is 105 cm³/mol. The number of carbonyl (C=O) groups excluding carboxylic acids is 2. The van der Waals surface area contributed by atoms with Gasteiger partial charge in [0.05, 0.1) is 38.6 Å². The highest BCUT2D eigenvalue weighted by Gasteiger charge is 2.28. The minimum atomic E-state index is -0.209. The molecule has 2 aromatic rings. The van der Waals surface area contributed by atoms with E-state index in [2.05, 4.69) is 10.2 Å². The number of methoxy groups -OCH3 is 3. The zero-order valence-corrected chi connectivity index (χ0v) is 17.4. The van der Waals surface area contributed by atoms with E-state index in [1.807, 2.05) is 0 Å². The molecule has 1 saturated heterocycles. The first kappa shape index (κ1) is 21.0. The number of esters is 1. The Hall–Kier alpha value is -2.75. The van der Waals surface area contributed by atoms with Crippen LogP contribution in [0.5, 0.6) is 11.5 Å². The molecular formula is C19H23N3O6S. The predicted octanol–water partition coefficient (Wildman–Crippen LogP) is 2.26. The van der Waals surface area contributed by atoms with Crippen LogP contribution in [0.1, 0.15) is 12.8 Å². The molecule has 0 atom stereocenters. The van der Waals surface area contributed by atoms with Crippen molar-refractivity contribution in [1.82, 2.24) is 15.1 Å². The van der Waals surface area contributed by atoms with Crippen LogP contribution >= 0.6 is 11.8 Å². The van der Waals surface area contributed by atoms with E-state index >= 15 is 0 Å². The number of piperidine rings is 1. The summed E-state index contributed by atoms with van der Waals surface area (Å²) >= 11 is 1.18. The molecule has 1 aromatic carbocycles. The van der Waals surface area contributed by atoms with E-state index in [1.165, 1.54) is 18.9 Å². The first-order chi connectivity index (χ1) is 14.0. The third-order valence-electron chi connectivity index (χ3n) is 4.75. The number of aromatic nitrogens is 2. The van der Waals surface area contributed by atoms with Crippen molar-refractivity contribution in [3.05, 3.63) is 18.2 Å². The molecule has 0 spiro atoms. The number of ether oxygens (including phenoxy) is 3. The Morgan fingerprint density at radius 3 is 2.59 bits per heavy atom. The number of rotatable bonds is 7. The number of likely N-dealkylation sites (tertiary alicyclic amines) is 1. The van der Waals surface area contributed by atoms with E-state index < -0.39 is 0 Å². The number of carbonyl (C=O) groups is 2. The highest BCUT2D eigenvalue weighted by molar-refractivity contribution is 7.99. The fraction of sp³-hybridized carbons (Fsp3) is 0.474. The molecule has 1 amide bonds. The molecule has 2 heterocycles. The van der Waals surface area contributed by atoms with Crippen molar-refractivity contribution < 1.29 is 28.2 Å². The first-order valence-electron chi connectivity index (χ1n) is 9.10. The molecule has 156 valence electrons. The summed E-state index contributed by atoms with van der Waals surface area (Å²) < 4.78 is 21.0. The molecule has 10 heteroatoms. The van der Waals surface area contributed by atoms with Gasteiger partial charge >= 0.3 is 5.97 Å². The maximum Gasteiger partial charge on any atom is 0.308 e. The molecule has 9 nitrogen and oxygen atoms in total. The largest absolute Gasteiger partial charge is 0.497 e. The van der Waals surface area contributed by atoms with Gasteiger partial charge in [-0.15, -0.1) is 10.2 Å². The average Bonchev–Trinajstić information content (AvgIpc) is 3.25. The summed E-state index contributed by atoms with van der Waals surface area (Å²) in [7, 11) is 4.51. The molecule has 0 unspecified atom stereocenters. The molecule has 0 bridgehead atoms. The number of benzene rings is 1. The van der Waals surface area contributed by atoms with Crippen LogP contribution in [-0.4, -0.2) is 67.1 Å². The molecular weight excluding hydrogens is 398 g/mol. The van der Waals surface area contributed by atoms with Gasteiger partial charge in [-0.05, 0) is 25.0 Å². The lowest BCUT2D eigenvalue weighted by atomic mass is 9.97. The van der Waals surface area contributed by atoms with Crippen molar-refractivity contribution in [2.75, 3.05) is 40.2 Å². The zero-order valence-electron chi connectivity index (χ0n) is 16.5. The van der Waals surface area contributed by atoms with Gasteiger partial charge in [0, 0.05) is 19.2 Å². The Labute approximate surface area is 172 Å². The summed E-state index contributed by atoms with van der Waals surface area (Å²) in [6, 6.07) is 5.28. The van der Waals surface area contributed by atoms with Gasteiger partial charge in [-0.2, -0.15) is 0 Å². The van der Waals surface area contributed by atoms with Gasteiger partial charge < -0.3 is 23.5 Å². The summed E-state index contributed by atoms with van der Waals surface area (Å²) in [5, 5.41) is 8.35. The summed E-state index contributed by atoms with van der Waals surface area (Å²) in [5.74, 6) is 1.33. The van der Waals surface area contributed by atoms with Crippen LogP contribution in [0.25, 0.3) is 11.5 Å². The maximum absolute atomic E-state index is 12.4. The second-order valence-corrected chi connectivity index (χ2v) is 7.33. The van der Waals surface area contributed by atoms with E-state index in [0.29, 0.717) is 54.1 Å². The molecule has 1 aliphatic rings. The highest BCUT2D eigenvalue weighted by Crippen LogP contribution is 2.33. The summed E-state index contributed by atoms with van der Waals surface area (Å²) in [6.45, 7) is 1.08. The number of nitrogens with zero attached hydrogens (tertiary/aromatic N) is 3. The lowest BCUT2D eigenvalue weighted by Crippen LogP contribution is -2.41. The first-order valence-corrected chi connectivity index (χ1v) is 10.1. The quantitative estimate of drug-likeness (QED) is 0.492. The molecule has 0 saturated carbocycles. The van der Waals surface area contributed by atoms with Crippen molar-refractivity contribution in [3.8, 4) is 23.0 Å². The maximum atomic E-state index is 12.4. The van der Waals surface area contributed by atoms with Crippen LogP contribution in [0.4, 0.5) is 0 Å². The number of hydrogen-bond donors (Lipinski definition) is 0. The summed E-state index contributed by atoms with van der Waals surface area (Å²) in [4.78, 5) is 25.8. The van der Waals surface area contributed by atoms with Crippen molar-refractivity contribution >= 4 is 23.6 Å². The number of thioether (sulfide) groups is 1. The molecule has 0 N–H and O–H groups in total. The van der Waals surface area contributed by atoms with E-state index in [9.17, 15) is 9.59 Å². The normalized spacial score (nSPS) is 14.5. The van der Waals surface area contributed by atoms with E-state index in [1.54, 1.807) is 37.3 Å². The van der Waals surface area contributed by atoms with Crippen LogP contribution < -0.4 is 9.47 Å². The Balaban J connectivity index is 1.56. The fourth-order valence-corrected chi connectivity index (χ4v) is 3.76. The monoisotopic (exact) mass is 421 g/mol. The Morgan fingerprint density at radius 2 is 1.93 bits per heavy atom. The van der Waals surface area contributed by atoms with E-state index in [-0.39, 0.29) is 23.5 Å². The topological polar surface area (TPSA) is 104 Å². The van der Waals surface area contributed by atoms with Crippen LogP contribution in [0, 0.1) is 5.92 Å². The average molecular weight is 421 g/mol. The van der Waals surface area contributed by atoms with E-state index in [4.69, 9.17) is 18.6 Å². The van der Waals surface area contributed by atoms with Gasteiger partial charge in [0.15, 0.2) is 0 Å². The molecule has 0 aliphatic carbocycles. The van der Waals surface area contributed by atoms with Gasteiger partial charge in [0.25, 0.3) is 11.1 Å². The Morgan fingerprint density at radius 1 is 1.17 bits per heavy atom. The van der Waals surface area contributed by atoms with Gasteiger partial charge in [0.2, 0.25) is 5.91 Å². The van der Waals surface area contributed by atoms with Crippen LogP contribution in [0.2, 0.25) is 0 Å². The van der Waals surface area contributed by atoms with Crippen molar-refractivity contribution in [3.63, 3.8) is 0 Å². The van der Waals surface area contributed by atoms with E-state index in [0.717, 1.165) is 0 Å². The van der Waals surface area contributed by atoms with Crippen LogP contribution in [-0.2, 0) is 14.3 Å². The Kier molecular flexibility index (Phi) is 6.97. The summed E-state index contributed by atoms with van der Waals surface area (Å²) in [6.07, 6.45) is 1.23. The molecule has 1 fully saturated rings. The smallest absolute Gasteiger partial charge is 0.308 e. The minimum Gasteiger partial charge on any atom is -0.497 e. The summed E-state index contributed by atoms with van der Waals surface area (Å²) in [5.41, 5.74) is 0.642. The van der Waals surface area contributed by atoms with Gasteiger partial charge in [-0.25, -0.2) is 0 Å². The van der Waals surface area contributed by atoms with Crippen LogP contribution in [0.15, 0.2) is 27.8 Å². The standard InChI is InChI=1S/C19H23N3O6S/c1-25-13-4-5-14(15(10-13)26-2)17-20-21-19(28-17)29-11-16(23)22-8-6-12(7-9-22)18(24)27-3/h4-5,10,12H,6-9,11H2,1-3H3. The molecule has 0 radical (unpaired) electrons.